The highest BCUT2D eigenvalue weighted by molar-refractivity contribution is 5.96. The molecule has 0 bridgehead atoms. The summed E-state index contributed by atoms with van der Waals surface area (Å²) in [5.74, 6) is -2.67. The Morgan fingerprint density at radius 2 is 2.05 bits per heavy atom. The van der Waals surface area contributed by atoms with E-state index in [2.05, 4.69) is 4.98 Å². The number of aromatic nitrogens is 2. The maximum atomic E-state index is 12.3. The predicted octanol–water partition coefficient (Wildman–Crippen LogP) is -0.345. The lowest BCUT2D eigenvalue weighted by Crippen LogP contribution is -2.41. The van der Waals surface area contributed by atoms with Crippen LogP contribution >= 0.6 is 0 Å². The Morgan fingerprint density at radius 3 is 2.62 bits per heavy atom. The molecule has 0 aliphatic carbocycles. The molecule has 8 heteroatoms. The van der Waals surface area contributed by atoms with Gasteiger partial charge in [0.25, 0.3) is 5.91 Å². The molecule has 8 nitrogen and oxygen atoms in total. The van der Waals surface area contributed by atoms with Gasteiger partial charge in [0.05, 0.1) is 0 Å². The van der Waals surface area contributed by atoms with E-state index in [0.717, 1.165) is 10.6 Å². The zero-order chi connectivity index (χ0) is 15.6. The van der Waals surface area contributed by atoms with Gasteiger partial charge < -0.3 is 20.1 Å². The van der Waals surface area contributed by atoms with Gasteiger partial charge in [-0.05, 0) is 19.1 Å². The summed E-state index contributed by atoms with van der Waals surface area (Å²) in [6.07, 6.45) is 1.50. The molecular formula is C13H14N4O4. The van der Waals surface area contributed by atoms with Gasteiger partial charge in [-0.15, -0.1) is 0 Å². The van der Waals surface area contributed by atoms with Crippen molar-refractivity contribution in [3.8, 4) is 0 Å². The van der Waals surface area contributed by atoms with Crippen molar-refractivity contribution < 1.29 is 19.5 Å². The SMILES string of the molecule is Cc1cccc2nc(C(=O)N(CC(N)=O)CC(=O)O)cn12. The molecule has 2 rings (SSSR count). The second-order valence-electron chi connectivity index (χ2n) is 4.54. The Bertz CT molecular complexity index is 706. The Balaban J connectivity index is 2.35. The van der Waals surface area contributed by atoms with Crippen LogP contribution in [0.5, 0.6) is 0 Å². The number of aliphatic carboxylic acids is 1. The molecule has 2 heterocycles. The van der Waals surface area contributed by atoms with Crippen LogP contribution < -0.4 is 5.73 Å². The van der Waals surface area contributed by atoms with Crippen molar-refractivity contribution in [2.45, 2.75) is 6.92 Å². The highest BCUT2D eigenvalue weighted by Crippen LogP contribution is 2.10. The smallest absolute Gasteiger partial charge is 0.323 e. The van der Waals surface area contributed by atoms with Crippen LogP contribution in [0.2, 0.25) is 0 Å². The predicted molar refractivity (Wildman–Crippen MR) is 72.7 cm³/mol. The van der Waals surface area contributed by atoms with Crippen LogP contribution in [-0.4, -0.2) is 50.3 Å². The molecule has 0 spiro atoms. The van der Waals surface area contributed by atoms with Gasteiger partial charge in [0, 0.05) is 11.9 Å². The number of amides is 2. The van der Waals surface area contributed by atoms with Crippen LogP contribution in [0.3, 0.4) is 0 Å². The summed E-state index contributed by atoms with van der Waals surface area (Å²) >= 11 is 0. The fourth-order valence-corrected chi connectivity index (χ4v) is 1.96. The van der Waals surface area contributed by atoms with Gasteiger partial charge in [-0.25, -0.2) is 4.98 Å². The average molecular weight is 290 g/mol. The summed E-state index contributed by atoms with van der Waals surface area (Å²) in [6.45, 7) is 0.758. The highest BCUT2D eigenvalue weighted by Gasteiger charge is 2.22. The molecule has 0 fully saturated rings. The summed E-state index contributed by atoms with van der Waals surface area (Å²) in [6, 6.07) is 5.37. The van der Waals surface area contributed by atoms with Crippen LogP contribution in [0, 0.1) is 6.92 Å². The fourth-order valence-electron chi connectivity index (χ4n) is 1.96. The van der Waals surface area contributed by atoms with E-state index in [-0.39, 0.29) is 5.69 Å². The first kappa shape index (κ1) is 14.5. The topological polar surface area (TPSA) is 118 Å². The van der Waals surface area contributed by atoms with Gasteiger partial charge >= 0.3 is 5.97 Å². The van der Waals surface area contributed by atoms with Gasteiger partial charge in [-0.1, -0.05) is 6.07 Å². The Hall–Kier alpha value is -2.90. The number of carboxylic acid groups (broad SMARTS) is 1. The number of hydrogen-bond acceptors (Lipinski definition) is 4. The second kappa shape index (κ2) is 5.61. The van der Waals surface area contributed by atoms with Crippen molar-refractivity contribution in [1.82, 2.24) is 14.3 Å². The van der Waals surface area contributed by atoms with E-state index >= 15 is 0 Å². The molecule has 0 atom stereocenters. The van der Waals surface area contributed by atoms with Crippen molar-refractivity contribution in [2.75, 3.05) is 13.1 Å². The van der Waals surface area contributed by atoms with Crippen LogP contribution in [-0.2, 0) is 9.59 Å². The maximum Gasteiger partial charge on any atom is 0.323 e. The number of imidazole rings is 1. The van der Waals surface area contributed by atoms with Crippen molar-refractivity contribution in [3.05, 3.63) is 35.8 Å². The number of fused-ring (bicyclic) bond motifs is 1. The van der Waals surface area contributed by atoms with Crippen LogP contribution in [0.4, 0.5) is 0 Å². The number of rotatable bonds is 5. The molecule has 0 radical (unpaired) electrons. The number of carbonyl (C=O) groups is 3. The third-order valence-corrected chi connectivity index (χ3v) is 2.88. The van der Waals surface area contributed by atoms with Gasteiger partial charge in [-0.2, -0.15) is 0 Å². The minimum absolute atomic E-state index is 0.0619. The van der Waals surface area contributed by atoms with Gasteiger partial charge in [0.2, 0.25) is 5.91 Å². The fraction of sp³-hybridized carbons (Fsp3) is 0.231. The Labute approximate surface area is 119 Å². The lowest BCUT2D eigenvalue weighted by atomic mass is 10.3. The molecule has 0 aromatic carbocycles. The van der Waals surface area contributed by atoms with Gasteiger partial charge in [-0.3, -0.25) is 14.4 Å². The highest BCUT2D eigenvalue weighted by atomic mass is 16.4. The minimum atomic E-state index is -1.23. The molecule has 0 saturated carbocycles. The standard InChI is InChI=1S/C13H14N4O4/c1-8-3-2-4-11-15-9(5-17(8)11)13(21)16(6-10(14)18)7-12(19)20/h2-5H,6-7H2,1H3,(H2,14,18)(H,19,20). The molecule has 0 saturated heterocycles. The number of carbonyl (C=O) groups excluding carboxylic acids is 2. The Morgan fingerprint density at radius 1 is 1.33 bits per heavy atom. The molecule has 110 valence electrons. The lowest BCUT2D eigenvalue weighted by molar-refractivity contribution is -0.138. The number of primary amides is 1. The Kier molecular flexibility index (Phi) is 3.88. The summed E-state index contributed by atoms with van der Waals surface area (Å²) in [5, 5.41) is 8.80. The van der Waals surface area contributed by atoms with E-state index in [4.69, 9.17) is 10.8 Å². The summed E-state index contributed by atoms with van der Waals surface area (Å²) in [7, 11) is 0. The maximum absolute atomic E-state index is 12.3. The summed E-state index contributed by atoms with van der Waals surface area (Å²) in [5.41, 5.74) is 6.53. The van der Waals surface area contributed by atoms with E-state index < -0.39 is 30.9 Å². The molecule has 3 N–H and O–H groups in total. The zero-order valence-electron chi connectivity index (χ0n) is 11.3. The van der Waals surface area contributed by atoms with Crippen LogP contribution in [0.1, 0.15) is 16.2 Å². The van der Waals surface area contributed by atoms with Crippen molar-refractivity contribution in [3.63, 3.8) is 0 Å². The molecule has 2 aromatic rings. The van der Waals surface area contributed by atoms with Gasteiger partial charge in [0.15, 0.2) is 0 Å². The number of nitrogens with zero attached hydrogens (tertiary/aromatic N) is 3. The van der Waals surface area contributed by atoms with E-state index in [9.17, 15) is 14.4 Å². The molecule has 21 heavy (non-hydrogen) atoms. The summed E-state index contributed by atoms with van der Waals surface area (Å²) in [4.78, 5) is 39.0. The molecule has 0 aliphatic heterocycles. The van der Waals surface area contributed by atoms with E-state index in [1.807, 2.05) is 13.0 Å². The zero-order valence-corrected chi connectivity index (χ0v) is 11.3. The van der Waals surface area contributed by atoms with E-state index in [0.29, 0.717) is 5.65 Å². The average Bonchev–Trinajstić information content (AvgIpc) is 2.81. The minimum Gasteiger partial charge on any atom is -0.480 e. The largest absolute Gasteiger partial charge is 0.480 e. The molecular weight excluding hydrogens is 276 g/mol. The third kappa shape index (κ3) is 3.16. The molecule has 2 aromatic heterocycles. The first-order valence-corrected chi connectivity index (χ1v) is 6.12. The molecule has 0 aliphatic rings. The second-order valence-corrected chi connectivity index (χ2v) is 4.54. The first-order valence-electron chi connectivity index (χ1n) is 6.12. The number of pyridine rings is 1. The lowest BCUT2D eigenvalue weighted by Gasteiger charge is -2.17. The number of hydrogen-bond donors (Lipinski definition) is 2. The normalized spacial score (nSPS) is 10.5. The van der Waals surface area contributed by atoms with Crippen molar-refractivity contribution in [2.24, 2.45) is 5.73 Å². The van der Waals surface area contributed by atoms with Crippen LogP contribution in [0.25, 0.3) is 5.65 Å². The van der Waals surface area contributed by atoms with Crippen LogP contribution in [0.15, 0.2) is 24.4 Å². The molecule has 0 unspecified atom stereocenters. The first-order chi connectivity index (χ1) is 9.88. The number of nitrogens with two attached hydrogens (primary N) is 1. The third-order valence-electron chi connectivity index (χ3n) is 2.88. The van der Waals surface area contributed by atoms with E-state index in [1.165, 1.54) is 6.20 Å². The van der Waals surface area contributed by atoms with Crippen molar-refractivity contribution in [1.29, 1.82) is 0 Å². The van der Waals surface area contributed by atoms with E-state index in [1.54, 1.807) is 16.5 Å². The van der Waals surface area contributed by atoms with Gasteiger partial charge in [0.1, 0.15) is 24.4 Å². The number of carboxylic acids is 1. The van der Waals surface area contributed by atoms with Crippen molar-refractivity contribution >= 4 is 23.4 Å². The quantitative estimate of drug-likeness (QED) is 0.780. The summed E-state index contributed by atoms with van der Waals surface area (Å²) < 4.78 is 1.70. The molecule has 2 amide bonds. The number of aryl methyl sites for hydroxylation is 1. The monoisotopic (exact) mass is 290 g/mol.